The summed E-state index contributed by atoms with van der Waals surface area (Å²) >= 11 is 0. The van der Waals surface area contributed by atoms with Gasteiger partial charge in [0, 0.05) is 31.4 Å². The van der Waals surface area contributed by atoms with Gasteiger partial charge >= 0.3 is 5.97 Å². The number of hydrogen-bond donors (Lipinski definition) is 3. The van der Waals surface area contributed by atoms with E-state index in [1.54, 1.807) is 25.2 Å². The lowest BCUT2D eigenvalue weighted by atomic mass is 10.1. The third-order valence-corrected chi connectivity index (χ3v) is 4.97. The number of nitrogens with zero attached hydrogens (tertiary/aromatic N) is 2. The third kappa shape index (κ3) is 5.50. The Bertz CT molecular complexity index is 978. The molecule has 2 aromatic rings. The SMILES string of the molecule is CCNc1cccc(CNC(=O)c2ccc3c(c2)CN(C)C(=O)[C@H](CC(=O)OC)N3)n1. The maximum absolute atomic E-state index is 12.7. The second kappa shape index (κ2) is 9.92. The fourth-order valence-corrected chi connectivity index (χ4v) is 3.37. The van der Waals surface area contributed by atoms with E-state index >= 15 is 0 Å². The van der Waals surface area contributed by atoms with Gasteiger partial charge in [0.15, 0.2) is 0 Å². The highest BCUT2D eigenvalue weighted by molar-refractivity contribution is 5.95. The van der Waals surface area contributed by atoms with E-state index in [0.29, 0.717) is 24.3 Å². The van der Waals surface area contributed by atoms with Gasteiger partial charge in [-0.2, -0.15) is 0 Å². The van der Waals surface area contributed by atoms with E-state index in [1.807, 2.05) is 25.1 Å². The number of carbonyl (C=O) groups excluding carboxylic acids is 3. The van der Waals surface area contributed by atoms with Gasteiger partial charge in [-0.1, -0.05) is 6.07 Å². The van der Waals surface area contributed by atoms with E-state index in [0.717, 1.165) is 23.6 Å². The number of fused-ring (bicyclic) bond motifs is 1. The Balaban J connectivity index is 1.71. The quantitative estimate of drug-likeness (QED) is 0.580. The largest absolute Gasteiger partial charge is 0.469 e. The van der Waals surface area contributed by atoms with Crippen LogP contribution in [0.25, 0.3) is 0 Å². The number of hydrogen-bond acceptors (Lipinski definition) is 7. The van der Waals surface area contributed by atoms with Crippen LogP contribution in [0.2, 0.25) is 0 Å². The van der Waals surface area contributed by atoms with Crippen molar-refractivity contribution in [2.24, 2.45) is 0 Å². The van der Waals surface area contributed by atoms with Crippen LogP contribution in [0.15, 0.2) is 36.4 Å². The Morgan fingerprint density at radius 3 is 2.84 bits per heavy atom. The third-order valence-electron chi connectivity index (χ3n) is 4.97. The van der Waals surface area contributed by atoms with Crippen molar-refractivity contribution in [2.75, 3.05) is 31.3 Å². The van der Waals surface area contributed by atoms with Crippen molar-refractivity contribution < 1.29 is 19.1 Å². The molecule has 0 aliphatic carbocycles. The monoisotopic (exact) mass is 425 g/mol. The molecule has 3 rings (SSSR count). The fourth-order valence-electron chi connectivity index (χ4n) is 3.37. The minimum absolute atomic E-state index is 0.0691. The Morgan fingerprint density at radius 2 is 2.10 bits per heavy atom. The molecule has 3 N–H and O–H groups in total. The predicted octanol–water partition coefficient (Wildman–Crippen LogP) is 1.76. The number of ether oxygens (including phenoxy) is 1. The zero-order chi connectivity index (χ0) is 22.4. The molecule has 1 aromatic carbocycles. The topological polar surface area (TPSA) is 113 Å². The minimum atomic E-state index is -0.714. The highest BCUT2D eigenvalue weighted by Gasteiger charge is 2.29. The van der Waals surface area contributed by atoms with Crippen LogP contribution in [0.3, 0.4) is 0 Å². The molecule has 0 saturated heterocycles. The number of pyridine rings is 1. The van der Waals surface area contributed by atoms with Crippen LogP contribution in [0.5, 0.6) is 0 Å². The highest BCUT2D eigenvalue weighted by atomic mass is 16.5. The molecule has 31 heavy (non-hydrogen) atoms. The second-order valence-corrected chi connectivity index (χ2v) is 7.27. The van der Waals surface area contributed by atoms with E-state index in [2.05, 4.69) is 25.7 Å². The molecule has 0 saturated carbocycles. The molecule has 9 nitrogen and oxygen atoms in total. The van der Waals surface area contributed by atoms with E-state index in [4.69, 9.17) is 0 Å². The summed E-state index contributed by atoms with van der Waals surface area (Å²) in [6, 6.07) is 10.1. The summed E-state index contributed by atoms with van der Waals surface area (Å²) in [5, 5.41) is 9.13. The molecule has 2 heterocycles. The fraction of sp³-hybridized carbons (Fsp3) is 0.364. The summed E-state index contributed by atoms with van der Waals surface area (Å²) in [4.78, 5) is 42.9. The molecule has 1 aromatic heterocycles. The number of rotatable bonds is 7. The Kier molecular flexibility index (Phi) is 7.07. The molecule has 0 bridgehead atoms. The summed E-state index contributed by atoms with van der Waals surface area (Å²) < 4.78 is 4.69. The first-order valence-corrected chi connectivity index (χ1v) is 10.1. The number of likely N-dealkylation sites (N-methyl/N-ethyl adjacent to an activating group) is 1. The van der Waals surface area contributed by atoms with Crippen LogP contribution in [0.1, 0.15) is 35.0 Å². The Morgan fingerprint density at radius 1 is 1.29 bits per heavy atom. The highest BCUT2D eigenvalue weighted by Crippen LogP contribution is 2.25. The standard InChI is InChI=1S/C22H27N5O4/c1-4-23-19-7-5-6-16(25-19)12-24-21(29)14-8-9-17-15(10-14)13-27(2)22(30)18(26-17)11-20(28)31-3/h5-10,18,26H,4,11-13H2,1-3H3,(H,23,25)(H,24,29)/t18-/m0/s1. The van der Waals surface area contributed by atoms with Crippen molar-refractivity contribution in [3.05, 3.63) is 53.2 Å². The molecule has 2 amide bonds. The van der Waals surface area contributed by atoms with Crippen molar-refractivity contribution in [2.45, 2.75) is 32.5 Å². The Labute approximate surface area is 181 Å². The number of carbonyl (C=O) groups is 3. The second-order valence-electron chi connectivity index (χ2n) is 7.27. The maximum Gasteiger partial charge on any atom is 0.308 e. The van der Waals surface area contributed by atoms with Crippen molar-refractivity contribution in [1.82, 2.24) is 15.2 Å². The van der Waals surface area contributed by atoms with Crippen LogP contribution >= 0.6 is 0 Å². The lowest BCUT2D eigenvalue weighted by Crippen LogP contribution is -2.39. The van der Waals surface area contributed by atoms with Gasteiger partial charge in [0.1, 0.15) is 11.9 Å². The first-order valence-electron chi connectivity index (χ1n) is 10.1. The predicted molar refractivity (Wildman–Crippen MR) is 117 cm³/mol. The summed E-state index contributed by atoms with van der Waals surface area (Å²) in [7, 11) is 2.96. The summed E-state index contributed by atoms with van der Waals surface area (Å²) in [5.74, 6) is -0.146. The molecule has 1 aliphatic rings. The van der Waals surface area contributed by atoms with Crippen LogP contribution in [-0.4, -0.2) is 54.4 Å². The average molecular weight is 425 g/mol. The number of nitrogens with one attached hydrogen (secondary N) is 3. The molecule has 0 radical (unpaired) electrons. The molecular weight excluding hydrogens is 398 g/mol. The zero-order valence-corrected chi connectivity index (χ0v) is 17.9. The molecule has 0 spiro atoms. The average Bonchev–Trinajstić information content (AvgIpc) is 2.88. The molecule has 0 fully saturated rings. The molecule has 1 aliphatic heterocycles. The number of esters is 1. The van der Waals surface area contributed by atoms with Gasteiger partial charge in [-0.3, -0.25) is 14.4 Å². The Hall–Kier alpha value is -3.62. The lowest BCUT2D eigenvalue weighted by molar-refractivity contribution is -0.143. The van der Waals surface area contributed by atoms with Gasteiger partial charge in [0.25, 0.3) is 5.91 Å². The molecular formula is C22H27N5O4. The summed E-state index contributed by atoms with van der Waals surface area (Å²) in [5.41, 5.74) is 2.74. The van der Waals surface area contributed by atoms with Gasteiger partial charge in [-0.15, -0.1) is 0 Å². The van der Waals surface area contributed by atoms with Crippen LogP contribution < -0.4 is 16.0 Å². The molecule has 9 heteroatoms. The van der Waals surface area contributed by atoms with Gasteiger partial charge in [0.2, 0.25) is 5.91 Å². The lowest BCUT2D eigenvalue weighted by Gasteiger charge is -2.19. The first-order chi connectivity index (χ1) is 14.9. The number of aromatic nitrogens is 1. The van der Waals surface area contributed by atoms with Gasteiger partial charge in [0.05, 0.1) is 25.8 Å². The van der Waals surface area contributed by atoms with Crippen molar-refractivity contribution in [3.63, 3.8) is 0 Å². The van der Waals surface area contributed by atoms with E-state index < -0.39 is 12.0 Å². The number of methoxy groups -OCH3 is 1. The van der Waals surface area contributed by atoms with Crippen LogP contribution in [-0.2, 0) is 27.4 Å². The van der Waals surface area contributed by atoms with Crippen molar-refractivity contribution in [3.8, 4) is 0 Å². The minimum Gasteiger partial charge on any atom is -0.469 e. The van der Waals surface area contributed by atoms with Crippen molar-refractivity contribution in [1.29, 1.82) is 0 Å². The number of anilines is 2. The van der Waals surface area contributed by atoms with E-state index in [-0.39, 0.29) is 18.2 Å². The number of amides is 2. The van der Waals surface area contributed by atoms with Crippen LogP contribution in [0.4, 0.5) is 11.5 Å². The van der Waals surface area contributed by atoms with E-state index in [9.17, 15) is 14.4 Å². The number of benzene rings is 1. The maximum atomic E-state index is 12.7. The zero-order valence-electron chi connectivity index (χ0n) is 17.9. The van der Waals surface area contributed by atoms with Gasteiger partial charge < -0.3 is 25.6 Å². The molecule has 1 atom stereocenters. The molecule has 164 valence electrons. The molecule has 0 unspecified atom stereocenters. The van der Waals surface area contributed by atoms with Crippen LogP contribution in [0, 0.1) is 0 Å². The van der Waals surface area contributed by atoms with Gasteiger partial charge in [-0.25, -0.2) is 4.98 Å². The van der Waals surface area contributed by atoms with E-state index in [1.165, 1.54) is 12.0 Å². The normalized spacial score (nSPS) is 15.4. The smallest absolute Gasteiger partial charge is 0.308 e. The summed E-state index contributed by atoms with van der Waals surface area (Å²) in [6.45, 7) is 3.38. The van der Waals surface area contributed by atoms with Gasteiger partial charge in [-0.05, 0) is 42.8 Å². The van der Waals surface area contributed by atoms with Crippen molar-refractivity contribution >= 4 is 29.3 Å². The summed E-state index contributed by atoms with van der Waals surface area (Å²) in [6.07, 6.45) is -0.0691. The first kappa shape index (κ1) is 22.1.